The van der Waals surface area contributed by atoms with Crippen molar-refractivity contribution in [1.29, 1.82) is 0 Å². The summed E-state index contributed by atoms with van der Waals surface area (Å²) in [6.45, 7) is 3.95. The summed E-state index contributed by atoms with van der Waals surface area (Å²) < 4.78 is 4.89. The topological polar surface area (TPSA) is 54.5 Å². The van der Waals surface area contributed by atoms with Crippen molar-refractivity contribution in [2.45, 2.75) is 31.8 Å². The summed E-state index contributed by atoms with van der Waals surface area (Å²) in [5.74, 6) is 0.0891. The Morgan fingerprint density at radius 1 is 1.55 bits per heavy atom. The number of methoxy groups -OCH3 is 1. The van der Waals surface area contributed by atoms with E-state index in [-0.39, 0.29) is 18.6 Å². The molecular weight excluding hydrogens is 254 g/mol. The molecule has 0 bridgehead atoms. The Balaban J connectivity index is 1.78. The SMILES string of the molecule is COCC(=O)N1CCC(NC(C)c2cccnc2)CC1. The molecule has 0 radical (unpaired) electrons. The van der Waals surface area contributed by atoms with Crippen LogP contribution in [0, 0.1) is 0 Å². The molecule has 2 heterocycles. The van der Waals surface area contributed by atoms with Gasteiger partial charge in [-0.1, -0.05) is 6.07 Å². The van der Waals surface area contributed by atoms with Crippen LogP contribution in [0.2, 0.25) is 0 Å². The molecule has 1 unspecified atom stereocenters. The summed E-state index contributed by atoms with van der Waals surface area (Å²) in [7, 11) is 1.56. The molecule has 1 amide bonds. The van der Waals surface area contributed by atoms with Crippen LogP contribution in [0.1, 0.15) is 31.4 Å². The Kier molecular flexibility index (Phi) is 5.49. The number of nitrogens with one attached hydrogen (secondary N) is 1. The van der Waals surface area contributed by atoms with Gasteiger partial charge in [-0.15, -0.1) is 0 Å². The molecule has 1 aromatic rings. The smallest absolute Gasteiger partial charge is 0.248 e. The van der Waals surface area contributed by atoms with Crippen molar-refractivity contribution >= 4 is 5.91 Å². The van der Waals surface area contributed by atoms with Crippen LogP contribution in [0.3, 0.4) is 0 Å². The van der Waals surface area contributed by atoms with Crippen molar-refractivity contribution in [1.82, 2.24) is 15.2 Å². The number of amides is 1. The molecule has 20 heavy (non-hydrogen) atoms. The minimum atomic E-state index is 0.0891. The number of rotatable bonds is 5. The van der Waals surface area contributed by atoms with Gasteiger partial charge in [0.2, 0.25) is 5.91 Å². The van der Waals surface area contributed by atoms with E-state index in [4.69, 9.17) is 4.74 Å². The third kappa shape index (κ3) is 4.02. The van der Waals surface area contributed by atoms with Crippen LogP contribution < -0.4 is 5.32 Å². The van der Waals surface area contributed by atoms with Crippen LogP contribution in [-0.4, -0.2) is 48.6 Å². The highest BCUT2D eigenvalue weighted by atomic mass is 16.5. The first-order chi connectivity index (χ1) is 9.70. The summed E-state index contributed by atoms with van der Waals surface area (Å²) in [6, 6.07) is 4.79. The van der Waals surface area contributed by atoms with Gasteiger partial charge < -0.3 is 15.0 Å². The average Bonchev–Trinajstić information content (AvgIpc) is 2.49. The lowest BCUT2D eigenvalue weighted by Crippen LogP contribution is -2.46. The summed E-state index contributed by atoms with van der Waals surface area (Å²) in [5, 5.41) is 3.62. The van der Waals surface area contributed by atoms with Crippen molar-refractivity contribution in [3.63, 3.8) is 0 Å². The fraction of sp³-hybridized carbons (Fsp3) is 0.600. The molecule has 2 rings (SSSR count). The highest BCUT2D eigenvalue weighted by Gasteiger charge is 2.23. The Hall–Kier alpha value is -1.46. The molecule has 1 atom stereocenters. The second-order valence-electron chi connectivity index (χ2n) is 5.26. The first-order valence-corrected chi connectivity index (χ1v) is 7.13. The van der Waals surface area contributed by atoms with Crippen LogP contribution in [0.4, 0.5) is 0 Å². The molecule has 1 aromatic heterocycles. The minimum Gasteiger partial charge on any atom is -0.375 e. The monoisotopic (exact) mass is 277 g/mol. The lowest BCUT2D eigenvalue weighted by atomic mass is 10.0. The highest BCUT2D eigenvalue weighted by Crippen LogP contribution is 2.16. The molecule has 1 N–H and O–H groups in total. The second-order valence-corrected chi connectivity index (χ2v) is 5.26. The Morgan fingerprint density at radius 2 is 2.30 bits per heavy atom. The zero-order chi connectivity index (χ0) is 14.4. The van der Waals surface area contributed by atoms with Gasteiger partial charge in [-0.3, -0.25) is 9.78 Å². The maximum Gasteiger partial charge on any atom is 0.248 e. The maximum atomic E-state index is 11.7. The molecular formula is C15H23N3O2. The van der Waals surface area contributed by atoms with Gasteiger partial charge in [0.15, 0.2) is 0 Å². The van der Waals surface area contributed by atoms with Crippen LogP contribution in [0.15, 0.2) is 24.5 Å². The molecule has 0 saturated carbocycles. The van der Waals surface area contributed by atoms with E-state index in [9.17, 15) is 4.79 Å². The number of carbonyl (C=O) groups is 1. The number of likely N-dealkylation sites (tertiary alicyclic amines) is 1. The number of carbonyl (C=O) groups excluding carboxylic acids is 1. The molecule has 5 nitrogen and oxygen atoms in total. The number of aromatic nitrogens is 1. The van der Waals surface area contributed by atoms with Gasteiger partial charge in [0.25, 0.3) is 0 Å². The molecule has 1 aliphatic heterocycles. The lowest BCUT2D eigenvalue weighted by molar-refractivity contribution is -0.136. The van der Waals surface area contributed by atoms with Crippen molar-refractivity contribution in [3.05, 3.63) is 30.1 Å². The third-order valence-corrected chi connectivity index (χ3v) is 3.79. The number of piperidine rings is 1. The van der Waals surface area contributed by atoms with Crippen molar-refractivity contribution in [3.8, 4) is 0 Å². The van der Waals surface area contributed by atoms with Gasteiger partial charge >= 0.3 is 0 Å². The third-order valence-electron chi connectivity index (χ3n) is 3.79. The summed E-state index contributed by atoms with van der Waals surface area (Å²) in [5.41, 5.74) is 1.20. The van der Waals surface area contributed by atoms with Crippen LogP contribution >= 0.6 is 0 Å². The van der Waals surface area contributed by atoms with E-state index in [1.54, 1.807) is 13.3 Å². The predicted octanol–water partition coefficient (Wildman–Crippen LogP) is 1.37. The molecule has 110 valence electrons. The van der Waals surface area contributed by atoms with E-state index >= 15 is 0 Å². The van der Waals surface area contributed by atoms with E-state index in [2.05, 4.69) is 23.3 Å². The van der Waals surface area contributed by atoms with Crippen LogP contribution in [-0.2, 0) is 9.53 Å². The minimum absolute atomic E-state index is 0.0891. The summed E-state index contributed by atoms with van der Waals surface area (Å²) in [6.07, 6.45) is 5.66. The zero-order valence-corrected chi connectivity index (χ0v) is 12.2. The van der Waals surface area contributed by atoms with Gasteiger partial charge in [0.1, 0.15) is 6.61 Å². The molecule has 1 fully saturated rings. The summed E-state index contributed by atoms with van der Waals surface area (Å²) >= 11 is 0. The quantitative estimate of drug-likeness (QED) is 0.883. The molecule has 0 aliphatic carbocycles. The van der Waals surface area contributed by atoms with Crippen molar-refractivity contribution in [2.24, 2.45) is 0 Å². The van der Waals surface area contributed by atoms with E-state index in [1.165, 1.54) is 5.56 Å². The Morgan fingerprint density at radius 3 is 2.90 bits per heavy atom. The zero-order valence-electron chi connectivity index (χ0n) is 12.2. The number of hydrogen-bond acceptors (Lipinski definition) is 4. The Bertz CT molecular complexity index is 416. The van der Waals surface area contributed by atoms with E-state index in [0.29, 0.717) is 6.04 Å². The average molecular weight is 277 g/mol. The highest BCUT2D eigenvalue weighted by molar-refractivity contribution is 5.77. The normalized spacial score (nSPS) is 18.0. The summed E-state index contributed by atoms with van der Waals surface area (Å²) in [4.78, 5) is 17.8. The van der Waals surface area contributed by atoms with E-state index in [1.807, 2.05) is 17.2 Å². The molecule has 1 saturated heterocycles. The largest absolute Gasteiger partial charge is 0.375 e. The van der Waals surface area contributed by atoms with Gasteiger partial charge in [-0.05, 0) is 31.4 Å². The fourth-order valence-corrected chi connectivity index (χ4v) is 2.59. The molecule has 0 spiro atoms. The first kappa shape index (κ1) is 14.9. The maximum absolute atomic E-state index is 11.7. The number of hydrogen-bond donors (Lipinski definition) is 1. The van der Waals surface area contributed by atoms with Crippen molar-refractivity contribution < 1.29 is 9.53 Å². The number of ether oxygens (including phenoxy) is 1. The van der Waals surface area contributed by atoms with E-state index < -0.39 is 0 Å². The Labute approximate surface area is 120 Å². The van der Waals surface area contributed by atoms with Crippen LogP contribution in [0.25, 0.3) is 0 Å². The lowest BCUT2D eigenvalue weighted by Gasteiger charge is -2.34. The molecule has 0 aromatic carbocycles. The number of nitrogens with zero attached hydrogens (tertiary/aromatic N) is 2. The molecule has 5 heteroatoms. The fourth-order valence-electron chi connectivity index (χ4n) is 2.59. The second kappa shape index (κ2) is 7.36. The van der Waals surface area contributed by atoms with Crippen LogP contribution in [0.5, 0.6) is 0 Å². The van der Waals surface area contributed by atoms with Gasteiger partial charge in [0.05, 0.1) is 0 Å². The van der Waals surface area contributed by atoms with Gasteiger partial charge in [-0.2, -0.15) is 0 Å². The predicted molar refractivity (Wildman–Crippen MR) is 77.3 cm³/mol. The van der Waals surface area contributed by atoms with Gasteiger partial charge in [-0.25, -0.2) is 0 Å². The van der Waals surface area contributed by atoms with Crippen molar-refractivity contribution in [2.75, 3.05) is 26.8 Å². The standard InChI is InChI=1S/C15H23N3O2/c1-12(13-4-3-7-16-10-13)17-14-5-8-18(9-6-14)15(19)11-20-2/h3-4,7,10,12,14,17H,5-6,8-9,11H2,1-2H3. The van der Waals surface area contributed by atoms with E-state index in [0.717, 1.165) is 25.9 Å². The molecule has 1 aliphatic rings. The first-order valence-electron chi connectivity index (χ1n) is 7.13. The van der Waals surface area contributed by atoms with Gasteiger partial charge in [0, 0.05) is 44.7 Å². The number of pyridine rings is 1.